The maximum absolute atomic E-state index is 12.6. The lowest BCUT2D eigenvalue weighted by molar-refractivity contribution is 0.0225. The molecule has 2 amide bonds. The van der Waals surface area contributed by atoms with Gasteiger partial charge in [0, 0.05) is 43.7 Å². The van der Waals surface area contributed by atoms with Crippen LogP contribution in [0.25, 0.3) is 11.0 Å². The smallest absolute Gasteiger partial charge is 0.318 e. The summed E-state index contributed by atoms with van der Waals surface area (Å²) in [6.45, 7) is 3.06. The van der Waals surface area contributed by atoms with E-state index in [9.17, 15) is 13.2 Å². The topological polar surface area (TPSA) is 94.9 Å². The van der Waals surface area contributed by atoms with E-state index in [1.165, 1.54) is 10.9 Å². The average molecular weight is 455 g/mol. The van der Waals surface area contributed by atoms with E-state index in [-0.39, 0.29) is 36.6 Å². The van der Waals surface area contributed by atoms with Gasteiger partial charge in [0.05, 0.1) is 17.8 Å². The Morgan fingerprint density at radius 3 is 2.90 bits per heavy atom. The fourth-order valence-electron chi connectivity index (χ4n) is 5.26. The monoisotopic (exact) mass is 454 g/mol. The first-order valence-electron chi connectivity index (χ1n) is 10.1. The molecule has 2 aromatic rings. The van der Waals surface area contributed by atoms with Crippen LogP contribution < -0.4 is 10.0 Å². The Morgan fingerprint density at radius 2 is 2.10 bits per heavy atom. The molecule has 2 fully saturated rings. The third-order valence-corrected chi connectivity index (χ3v) is 7.37. The van der Waals surface area contributed by atoms with E-state index in [2.05, 4.69) is 21.0 Å². The predicted octanol–water partition coefficient (Wildman–Crippen LogP) is 1.86. The number of carbonyl (C=O) groups is 1. The fourth-order valence-corrected chi connectivity index (χ4v) is 5.72. The molecule has 0 radical (unpaired) electrons. The van der Waals surface area contributed by atoms with Gasteiger partial charge in [-0.3, -0.25) is 4.90 Å². The number of amides is 2. The molecule has 5 rings (SSSR count). The van der Waals surface area contributed by atoms with Gasteiger partial charge in [-0.2, -0.15) is 0 Å². The third kappa shape index (κ3) is 3.57. The molecule has 10 heteroatoms. The second-order valence-corrected chi connectivity index (χ2v) is 10.2. The van der Waals surface area contributed by atoms with Crippen LogP contribution in [-0.4, -0.2) is 68.8 Å². The SMILES string of the molecule is CS(=O)(=O)NCCN1C(=O)NC[C@]12CCN1CCc3c(oc4ccccc34)[C@@H]1C2.Cl. The lowest BCUT2D eigenvalue weighted by atomic mass is 9.79. The first kappa shape index (κ1) is 21.4. The standard InChI is InChI=1S/C20H26N4O4S.ClH/c1-29(26,27)22-8-11-24-19(25)21-13-20(24)7-10-23-9-6-15-14-4-2-3-5-17(14)28-18(15)16(23)12-20;/h2-5,16,22H,6-13H2,1H3,(H,21,25);1H/t16-,20+;/m0./s1. The molecule has 0 bridgehead atoms. The molecule has 1 aromatic carbocycles. The molecule has 30 heavy (non-hydrogen) atoms. The van der Waals surface area contributed by atoms with Crippen molar-refractivity contribution in [2.75, 3.05) is 39.0 Å². The van der Waals surface area contributed by atoms with Crippen molar-refractivity contribution >= 4 is 39.4 Å². The number of sulfonamides is 1. The van der Waals surface area contributed by atoms with Gasteiger partial charge in [0.1, 0.15) is 11.3 Å². The van der Waals surface area contributed by atoms with Crippen LogP contribution in [0.1, 0.15) is 30.2 Å². The number of nitrogens with zero attached hydrogens (tertiary/aromatic N) is 2. The number of piperidine rings is 1. The molecule has 2 atom stereocenters. The van der Waals surface area contributed by atoms with Crippen LogP contribution in [0.2, 0.25) is 0 Å². The van der Waals surface area contributed by atoms with E-state index in [0.717, 1.165) is 50.0 Å². The lowest BCUT2D eigenvalue weighted by Crippen LogP contribution is -2.57. The maximum Gasteiger partial charge on any atom is 0.318 e. The molecular weight excluding hydrogens is 428 g/mol. The van der Waals surface area contributed by atoms with Crippen LogP contribution in [0.3, 0.4) is 0 Å². The number of hydrogen-bond donors (Lipinski definition) is 2. The quantitative estimate of drug-likeness (QED) is 0.735. The number of halogens is 1. The normalized spacial score (nSPS) is 26.4. The number of para-hydroxylation sites is 1. The summed E-state index contributed by atoms with van der Waals surface area (Å²) in [6.07, 6.45) is 3.78. The van der Waals surface area contributed by atoms with Gasteiger partial charge in [0.15, 0.2) is 0 Å². The highest BCUT2D eigenvalue weighted by molar-refractivity contribution is 7.88. The minimum absolute atomic E-state index is 0. The molecule has 2 saturated heterocycles. The molecule has 164 valence electrons. The second-order valence-electron chi connectivity index (χ2n) is 8.40. The number of benzene rings is 1. The van der Waals surface area contributed by atoms with Gasteiger partial charge in [-0.25, -0.2) is 17.9 Å². The van der Waals surface area contributed by atoms with Gasteiger partial charge >= 0.3 is 6.03 Å². The Morgan fingerprint density at radius 1 is 1.30 bits per heavy atom. The molecule has 4 heterocycles. The van der Waals surface area contributed by atoms with Crippen molar-refractivity contribution < 1.29 is 17.6 Å². The fraction of sp³-hybridized carbons (Fsp3) is 0.550. The number of urea groups is 1. The van der Waals surface area contributed by atoms with E-state index in [4.69, 9.17) is 4.42 Å². The van der Waals surface area contributed by atoms with E-state index in [0.29, 0.717) is 13.1 Å². The van der Waals surface area contributed by atoms with Crippen molar-refractivity contribution in [3.8, 4) is 0 Å². The van der Waals surface area contributed by atoms with Crippen molar-refractivity contribution in [3.63, 3.8) is 0 Å². The second kappa shape index (κ2) is 7.71. The number of rotatable bonds is 4. The molecule has 8 nitrogen and oxygen atoms in total. The van der Waals surface area contributed by atoms with Crippen LogP contribution in [0.4, 0.5) is 4.79 Å². The Labute approximate surface area is 182 Å². The van der Waals surface area contributed by atoms with Gasteiger partial charge in [0.2, 0.25) is 10.0 Å². The minimum atomic E-state index is -3.28. The van der Waals surface area contributed by atoms with E-state index < -0.39 is 10.0 Å². The summed E-state index contributed by atoms with van der Waals surface area (Å²) in [6, 6.07) is 8.19. The van der Waals surface area contributed by atoms with E-state index in [1.807, 2.05) is 23.1 Å². The summed E-state index contributed by atoms with van der Waals surface area (Å²) in [4.78, 5) is 16.8. The Hall–Kier alpha value is -1.81. The van der Waals surface area contributed by atoms with Crippen LogP contribution in [0.15, 0.2) is 28.7 Å². The summed E-state index contributed by atoms with van der Waals surface area (Å²) >= 11 is 0. The minimum Gasteiger partial charge on any atom is -0.459 e. The van der Waals surface area contributed by atoms with Gasteiger partial charge in [-0.15, -0.1) is 12.4 Å². The Bertz CT molecular complexity index is 1070. The molecule has 2 N–H and O–H groups in total. The van der Waals surface area contributed by atoms with Crippen LogP contribution in [-0.2, 0) is 16.4 Å². The summed E-state index contributed by atoms with van der Waals surface area (Å²) in [5.41, 5.74) is 1.90. The molecule has 3 aliphatic rings. The lowest BCUT2D eigenvalue weighted by Gasteiger charge is -2.49. The number of fused-ring (bicyclic) bond motifs is 5. The molecular formula is C20H27ClN4O4S. The highest BCUT2D eigenvalue weighted by atomic mass is 35.5. The zero-order valence-electron chi connectivity index (χ0n) is 16.9. The van der Waals surface area contributed by atoms with Gasteiger partial charge in [-0.1, -0.05) is 18.2 Å². The highest BCUT2D eigenvalue weighted by Crippen LogP contribution is 2.46. The largest absolute Gasteiger partial charge is 0.459 e. The van der Waals surface area contributed by atoms with E-state index in [1.54, 1.807) is 0 Å². The van der Waals surface area contributed by atoms with Crippen LogP contribution >= 0.6 is 12.4 Å². The molecule has 0 saturated carbocycles. The zero-order chi connectivity index (χ0) is 20.2. The van der Waals surface area contributed by atoms with Crippen molar-refractivity contribution in [3.05, 3.63) is 35.6 Å². The Kier molecular flexibility index (Phi) is 5.50. The summed E-state index contributed by atoms with van der Waals surface area (Å²) in [5, 5.41) is 4.18. The Balaban J connectivity index is 0.00000218. The first-order chi connectivity index (χ1) is 13.9. The average Bonchev–Trinajstić information content (AvgIpc) is 3.21. The molecule has 0 unspecified atom stereocenters. The van der Waals surface area contributed by atoms with Gasteiger partial charge < -0.3 is 14.6 Å². The van der Waals surface area contributed by atoms with Gasteiger partial charge in [0.25, 0.3) is 0 Å². The molecule has 0 aliphatic carbocycles. The zero-order valence-corrected chi connectivity index (χ0v) is 18.5. The maximum atomic E-state index is 12.6. The van der Waals surface area contributed by atoms with Crippen LogP contribution in [0.5, 0.6) is 0 Å². The van der Waals surface area contributed by atoms with Crippen molar-refractivity contribution in [1.29, 1.82) is 0 Å². The molecule has 1 spiro atoms. The van der Waals surface area contributed by atoms with Crippen molar-refractivity contribution in [2.24, 2.45) is 0 Å². The predicted molar refractivity (Wildman–Crippen MR) is 116 cm³/mol. The van der Waals surface area contributed by atoms with Crippen molar-refractivity contribution in [1.82, 2.24) is 19.8 Å². The van der Waals surface area contributed by atoms with Crippen LogP contribution in [0, 0.1) is 0 Å². The third-order valence-electron chi connectivity index (χ3n) is 6.65. The van der Waals surface area contributed by atoms with Crippen molar-refractivity contribution in [2.45, 2.75) is 30.8 Å². The van der Waals surface area contributed by atoms with Gasteiger partial charge in [-0.05, 0) is 25.3 Å². The number of nitrogens with one attached hydrogen (secondary N) is 2. The highest BCUT2D eigenvalue weighted by Gasteiger charge is 2.51. The summed E-state index contributed by atoms with van der Waals surface area (Å²) in [5.74, 6) is 1.03. The first-order valence-corrected chi connectivity index (χ1v) is 12.0. The molecule has 1 aromatic heterocycles. The number of hydrogen-bond acceptors (Lipinski definition) is 5. The summed E-state index contributed by atoms with van der Waals surface area (Å²) < 4.78 is 31.6. The summed E-state index contributed by atoms with van der Waals surface area (Å²) in [7, 11) is -3.28. The number of furan rings is 1. The number of carbonyl (C=O) groups excluding carboxylic acids is 1. The molecule has 3 aliphatic heterocycles. The van der Waals surface area contributed by atoms with E-state index >= 15 is 0 Å².